The van der Waals surface area contributed by atoms with Crippen LogP contribution in [0, 0.1) is 0 Å². The highest BCUT2D eigenvalue weighted by Gasteiger charge is 2.45. The number of aliphatic imine (C=N–C) groups is 1. The van der Waals surface area contributed by atoms with E-state index in [1.807, 2.05) is 0 Å². The van der Waals surface area contributed by atoms with Gasteiger partial charge < -0.3 is 75.9 Å². The smallest absolute Gasteiger partial charge is 0.246 e. The number of nitrogens with zero attached hydrogens (tertiary/aromatic N) is 2. The Bertz CT molecular complexity index is 2190. The number of amides is 11. The zero-order valence-corrected chi connectivity index (χ0v) is 41.4. The van der Waals surface area contributed by atoms with E-state index in [9.17, 15) is 57.8 Å². The number of benzene rings is 1. The van der Waals surface area contributed by atoms with Gasteiger partial charge in [0.05, 0.1) is 13.0 Å². The molecule has 1 saturated carbocycles. The largest absolute Gasteiger partial charge is 0.508 e. The number of nitrogens with two attached hydrogens (primary N) is 5. The van der Waals surface area contributed by atoms with Crippen molar-refractivity contribution >= 4 is 92.5 Å². The predicted octanol–water partition coefficient (Wildman–Crippen LogP) is -4.25. The van der Waals surface area contributed by atoms with E-state index < -0.39 is 126 Å². The molecule has 0 aromatic heterocycles. The molecule has 6 atom stereocenters. The monoisotopic (exact) mass is 1050 g/mol. The lowest BCUT2D eigenvalue weighted by molar-refractivity contribution is -0.142. The van der Waals surface area contributed by atoms with E-state index in [4.69, 9.17) is 28.7 Å². The first-order chi connectivity index (χ1) is 34.2. The van der Waals surface area contributed by atoms with Gasteiger partial charge in [-0.3, -0.25) is 57.7 Å². The number of carbonyl (C=O) groups is 11. The van der Waals surface area contributed by atoms with Gasteiger partial charge in [-0.1, -0.05) is 53.0 Å². The van der Waals surface area contributed by atoms with Gasteiger partial charge in [-0.2, -0.15) is 0 Å². The zero-order valence-electron chi connectivity index (χ0n) is 39.7. The third-order valence-corrected chi connectivity index (χ3v) is 14.5. The highest BCUT2D eigenvalue weighted by molar-refractivity contribution is 8.76. The maximum absolute atomic E-state index is 14.5. The van der Waals surface area contributed by atoms with Crippen molar-refractivity contribution in [3.63, 3.8) is 0 Å². The fourth-order valence-corrected chi connectivity index (χ4v) is 10.5. The summed E-state index contributed by atoms with van der Waals surface area (Å²) in [6.45, 7) is -0.381. The zero-order chi connectivity index (χ0) is 53.0. The number of aromatic hydroxyl groups is 1. The molecular weight excluding hydrogens is 981 g/mol. The molecule has 1 aromatic carbocycles. The molecule has 4 rings (SSSR count). The van der Waals surface area contributed by atoms with Crippen LogP contribution in [0.15, 0.2) is 29.3 Å². The van der Waals surface area contributed by atoms with Gasteiger partial charge in [-0.25, -0.2) is 0 Å². The van der Waals surface area contributed by atoms with Crippen molar-refractivity contribution < 1.29 is 57.8 Å². The number of phenols is 1. The number of phenolic OH excluding ortho intramolecular Hbond substituents is 1. The standard InChI is InChI=1S/C44H66N14O12S2/c45-32(60)13-12-27-37(65)54-29(21-33(46)61)38(66)55-30(41(69)58-18-5-7-31(58)40(68)53-26(6-4-17-50-43(48)49)36(64)51-22-34(47)62)23-72-71-19-14-35(63)52-28(20-24-8-10-25(59)11-9-24)39(67)57-44(42(70)56-27)15-2-1-3-16-44/h8-11,26-31,59H,1-7,12-23H2,(H2,45,60)(H2,46,61)(H2,47,62)(H,51,64)(H,52,63)(H,53,68)(H,54,65)(H,55,66)(H,56,70)(H,57,67)(H4,48,49,50)/t26-,27-,28-,29-,30-,31-/m0/s1. The molecule has 1 aliphatic carbocycles. The van der Waals surface area contributed by atoms with Crippen LogP contribution < -0.4 is 65.9 Å². The van der Waals surface area contributed by atoms with E-state index in [2.05, 4.69) is 42.2 Å². The van der Waals surface area contributed by atoms with Crippen LogP contribution in [-0.2, 0) is 59.2 Å². The van der Waals surface area contributed by atoms with Crippen LogP contribution in [0.1, 0.15) is 89.0 Å². The first kappa shape index (κ1) is 57.7. The summed E-state index contributed by atoms with van der Waals surface area (Å²) in [5.74, 6) is -9.34. The summed E-state index contributed by atoms with van der Waals surface area (Å²) in [6.07, 6.45) is 0.960. The van der Waals surface area contributed by atoms with Crippen molar-refractivity contribution in [3.05, 3.63) is 29.8 Å². The van der Waals surface area contributed by atoms with Crippen LogP contribution in [0.4, 0.5) is 0 Å². The van der Waals surface area contributed by atoms with Crippen LogP contribution in [0.25, 0.3) is 0 Å². The van der Waals surface area contributed by atoms with Crippen LogP contribution in [0.5, 0.6) is 5.75 Å². The van der Waals surface area contributed by atoms with Gasteiger partial charge in [-0.05, 0) is 62.6 Å². The van der Waals surface area contributed by atoms with Gasteiger partial charge in [0.1, 0.15) is 47.5 Å². The number of hydrogen-bond acceptors (Lipinski definition) is 15. The normalized spacial score (nSPS) is 22.9. The molecule has 1 aromatic rings. The van der Waals surface area contributed by atoms with E-state index in [1.165, 1.54) is 17.0 Å². The molecule has 2 saturated heterocycles. The number of guanidine groups is 1. The van der Waals surface area contributed by atoms with E-state index in [1.54, 1.807) is 12.1 Å². The lowest BCUT2D eigenvalue weighted by Gasteiger charge is -2.38. The summed E-state index contributed by atoms with van der Waals surface area (Å²) >= 11 is 0. The van der Waals surface area contributed by atoms with Crippen LogP contribution in [0.3, 0.4) is 0 Å². The van der Waals surface area contributed by atoms with Crippen molar-refractivity contribution in [1.82, 2.24) is 42.1 Å². The molecule has 3 aliphatic rings. The average molecular weight is 1050 g/mol. The van der Waals surface area contributed by atoms with Crippen LogP contribution >= 0.6 is 21.6 Å². The van der Waals surface area contributed by atoms with Crippen LogP contribution in [-0.4, -0.2) is 154 Å². The maximum Gasteiger partial charge on any atom is 0.246 e. The number of likely N-dealkylation sites (tertiary alicyclic amines) is 1. The summed E-state index contributed by atoms with van der Waals surface area (Å²) in [5, 5.41) is 28.1. The molecule has 2 aliphatic heterocycles. The van der Waals surface area contributed by atoms with E-state index >= 15 is 0 Å². The van der Waals surface area contributed by atoms with E-state index in [0.29, 0.717) is 24.8 Å². The van der Waals surface area contributed by atoms with Gasteiger partial charge in [0.25, 0.3) is 0 Å². The highest BCUT2D eigenvalue weighted by atomic mass is 33.1. The summed E-state index contributed by atoms with van der Waals surface area (Å²) in [5.41, 5.74) is 26.0. The molecule has 72 heavy (non-hydrogen) atoms. The Morgan fingerprint density at radius 3 is 2.15 bits per heavy atom. The Morgan fingerprint density at radius 2 is 1.50 bits per heavy atom. The Labute approximate surface area is 423 Å². The Hall–Kier alpha value is -6.84. The third kappa shape index (κ3) is 18.4. The first-order valence-corrected chi connectivity index (χ1v) is 26.0. The van der Waals surface area contributed by atoms with Gasteiger partial charge in [0, 0.05) is 43.9 Å². The summed E-state index contributed by atoms with van der Waals surface area (Å²) in [4.78, 5) is 153. The molecule has 3 fully saturated rings. The van der Waals surface area contributed by atoms with Crippen molar-refractivity contribution in [1.29, 1.82) is 0 Å². The lowest BCUT2D eigenvalue weighted by atomic mass is 9.80. The van der Waals surface area contributed by atoms with Gasteiger partial charge in [0.2, 0.25) is 65.0 Å². The van der Waals surface area contributed by atoms with Gasteiger partial charge in [0.15, 0.2) is 5.96 Å². The number of hydrogen-bond donors (Lipinski definition) is 13. The molecule has 396 valence electrons. The molecular formula is C44H66N14O12S2. The Kier molecular flexibility index (Phi) is 22.7. The molecule has 0 bridgehead atoms. The molecule has 0 radical (unpaired) electrons. The Morgan fingerprint density at radius 1 is 0.806 bits per heavy atom. The second kappa shape index (κ2) is 28.3. The lowest BCUT2D eigenvalue weighted by Crippen LogP contribution is -2.65. The number of primary amides is 3. The SMILES string of the molecule is NC(=O)CC[C@@H]1NC(=O)C2(CCCCC2)NC(=O)[C@H](Cc2ccc(O)cc2)NC(=O)CCSSC[C@@H](C(=O)N2CCC[C@H]2C(=O)N[C@@H](CCCN=C(N)N)C(=O)NCC(N)=O)NC(=O)[C@H](CC(N)=O)NC1=O. The fraction of sp³-hybridized carbons (Fsp3) is 0.591. The fourth-order valence-electron chi connectivity index (χ4n) is 8.36. The summed E-state index contributed by atoms with van der Waals surface area (Å²) in [7, 11) is 2.22. The molecule has 11 amide bonds. The molecule has 18 N–H and O–H groups in total. The average Bonchev–Trinajstić information content (AvgIpc) is 3.82. The minimum atomic E-state index is -1.74. The maximum atomic E-state index is 14.5. The summed E-state index contributed by atoms with van der Waals surface area (Å²) < 4.78 is 0. The molecule has 1 spiro atoms. The Balaban J connectivity index is 1.67. The second-order valence-electron chi connectivity index (χ2n) is 17.7. The number of nitrogens with one attached hydrogen (secondary N) is 7. The highest BCUT2D eigenvalue weighted by Crippen LogP contribution is 2.30. The van der Waals surface area contributed by atoms with Crippen molar-refractivity contribution in [2.75, 3.05) is 31.1 Å². The topological polar surface area (TPSA) is 438 Å². The molecule has 26 nitrogen and oxygen atoms in total. The second-order valence-corrected chi connectivity index (χ2v) is 20.3. The van der Waals surface area contributed by atoms with Crippen molar-refractivity contribution in [2.24, 2.45) is 33.7 Å². The van der Waals surface area contributed by atoms with Crippen molar-refractivity contribution in [2.45, 2.75) is 132 Å². The third-order valence-electron chi connectivity index (χ3n) is 12.1. The van der Waals surface area contributed by atoms with Gasteiger partial charge in [-0.15, -0.1) is 0 Å². The summed E-state index contributed by atoms with van der Waals surface area (Å²) in [6, 6.07) is -2.35. The molecule has 2 heterocycles. The quantitative estimate of drug-likeness (QED) is 0.0304. The minimum Gasteiger partial charge on any atom is -0.508 e. The molecule has 0 unspecified atom stereocenters. The number of rotatable bonds is 17. The minimum absolute atomic E-state index is 0.0194. The van der Waals surface area contributed by atoms with E-state index in [0.717, 1.165) is 28.0 Å². The van der Waals surface area contributed by atoms with E-state index in [-0.39, 0.29) is 87.7 Å². The predicted molar refractivity (Wildman–Crippen MR) is 264 cm³/mol. The first-order valence-electron chi connectivity index (χ1n) is 23.5. The number of carbonyl (C=O) groups excluding carboxylic acids is 11. The van der Waals surface area contributed by atoms with Crippen LogP contribution in [0.2, 0.25) is 0 Å². The van der Waals surface area contributed by atoms with Gasteiger partial charge >= 0.3 is 0 Å². The molecule has 28 heteroatoms. The van der Waals surface area contributed by atoms with Crippen molar-refractivity contribution in [3.8, 4) is 5.75 Å².